The highest BCUT2D eigenvalue weighted by Crippen LogP contribution is 2.29. The van der Waals surface area contributed by atoms with Crippen molar-refractivity contribution in [3.63, 3.8) is 0 Å². The van der Waals surface area contributed by atoms with E-state index in [0.29, 0.717) is 28.9 Å². The molecule has 0 saturated carbocycles. The van der Waals surface area contributed by atoms with E-state index in [4.69, 9.17) is 11.6 Å². The van der Waals surface area contributed by atoms with Crippen molar-refractivity contribution in [2.45, 2.75) is 19.1 Å². The zero-order valence-electron chi connectivity index (χ0n) is 15.0. The molecule has 0 saturated heterocycles. The summed E-state index contributed by atoms with van der Waals surface area (Å²) in [6.07, 6.45) is -3.53. The molecule has 1 N–H and O–H groups in total. The summed E-state index contributed by atoms with van der Waals surface area (Å²) in [6, 6.07) is 17.2. The van der Waals surface area contributed by atoms with Gasteiger partial charge in [-0.1, -0.05) is 60.1 Å². The number of nitrogens with zero attached hydrogens (tertiary/aromatic N) is 1. The Morgan fingerprint density at radius 1 is 1.03 bits per heavy atom. The highest BCUT2D eigenvalue weighted by atomic mass is 35.5. The van der Waals surface area contributed by atoms with Gasteiger partial charge in [0.05, 0.1) is 5.56 Å². The maximum absolute atomic E-state index is 12.9. The normalized spacial score (nSPS) is 11.3. The fraction of sp³-hybridized carbons (Fsp3) is 0.143. The van der Waals surface area contributed by atoms with Crippen molar-refractivity contribution in [1.29, 1.82) is 0 Å². The second-order valence-electron chi connectivity index (χ2n) is 6.38. The van der Waals surface area contributed by atoms with Crippen LogP contribution in [0.15, 0.2) is 71.7 Å². The van der Waals surface area contributed by atoms with Crippen molar-refractivity contribution in [3.05, 3.63) is 98.9 Å². The number of rotatable bonds is 5. The number of amides is 1. The zero-order valence-corrected chi connectivity index (χ0v) is 15.8. The van der Waals surface area contributed by atoms with E-state index in [1.807, 2.05) is 42.5 Å². The van der Waals surface area contributed by atoms with Crippen molar-refractivity contribution >= 4 is 23.2 Å². The maximum Gasteiger partial charge on any atom is 0.417 e. The zero-order chi connectivity index (χ0) is 21.0. The van der Waals surface area contributed by atoms with E-state index in [1.54, 1.807) is 12.1 Å². The van der Waals surface area contributed by atoms with Crippen molar-refractivity contribution in [1.82, 2.24) is 4.57 Å². The fourth-order valence-electron chi connectivity index (χ4n) is 2.83. The number of hydrogen-bond acceptors (Lipinski definition) is 2. The van der Waals surface area contributed by atoms with Crippen LogP contribution in [0.5, 0.6) is 0 Å². The van der Waals surface area contributed by atoms with Gasteiger partial charge >= 0.3 is 6.18 Å². The number of pyridine rings is 1. The first-order valence-corrected chi connectivity index (χ1v) is 9.00. The third-order valence-corrected chi connectivity index (χ3v) is 4.48. The van der Waals surface area contributed by atoms with Gasteiger partial charge in [-0.15, -0.1) is 0 Å². The molecule has 0 spiro atoms. The fourth-order valence-corrected chi connectivity index (χ4v) is 3.05. The van der Waals surface area contributed by atoms with E-state index in [9.17, 15) is 22.8 Å². The quantitative estimate of drug-likeness (QED) is 0.647. The van der Waals surface area contributed by atoms with Crippen molar-refractivity contribution in [2.24, 2.45) is 0 Å². The number of hydrogen-bond donors (Lipinski definition) is 1. The van der Waals surface area contributed by atoms with E-state index in [2.05, 4.69) is 5.32 Å². The Labute approximate surface area is 169 Å². The standard InChI is InChI=1S/C21H16ClF3N2O2/c22-17-11-16(21(23,24)25)12-27(20(17)29)13-19(28)26-18-9-5-4-8-15(18)10-14-6-2-1-3-7-14/h1-9,11-12H,10,13H2,(H,26,28). The summed E-state index contributed by atoms with van der Waals surface area (Å²) < 4.78 is 39.5. The van der Waals surface area contributed by atoms with Crippen LogP contribution < -0.4 is 10.9 Å². The Morgan fingerprint density at radius 3 is 2.38 bits per heavy atom. The minimum atomic E-state index is -4.68. The largest absolute Gasteiger partial charge is 0.417 e. The van der Waals surface area contributed by atoms with E-state index >= 15 is 0 Å². The molecule has 0 atom stereocenters. The van der Waals surface area contributed by atoms with Gasteiger partial charge in [-0.25, -0.2) is 0 Å². The number of halogens is 4. The highest BCUT2D eigenvalue weighted by Gasteiger charge is 2.32. The van der Waals surface area contributed by atoms with Crippen molar-refractivity contribution in [3.8, 4) is 0 Å². The predicted molar refractivity (Wildman–Crippen MR) is 105 cm³/mol. The molecule has 150 valence electrons. The number of para-hydroxylation sites is 1. The van der Waals surface area contributed by atoms with Crippen LogP contribution in [0.2, 0.25) is 5.02 Å². The summed E-state index contributed by atoms with van der Waals surface area (Å²) in [5.74, 6) is -0.636. The summed E-state index contributed by atoms with van der Waals surface area (Å²) in [6.45, 7) is -0.595. The van der Waals surface area contributed by atoms with Crippen molar-refractivity contribution < 1.29 is 18.0 Å². The van der Waals surface area contributed by atoms with Gasteiger partial charge in [0.1, 0.15) is 11.6 Å². The minimum Gasteiger partial charge on any atom is -0.324 e. The Hall–Kier alpha value is -3.06. The molecule has 0 unspecified atom stereocenters. The van der Waals surface area contributed by atoms with Gasteiger partial charge in [0.2, 0.25) is 5.91 Å². The third kappa shape index (κ3) is 5.26. The van der Waals surface area contributed by atoms with E-state index in [-0.39, 0.29) is 0 Å². The number of carbonyl (C=O) groups excluding carboxylic acids is 1. The minimum absolute atomic E-state index is 0.521. The molecule has 0 fully saturated rings. The number of nitrogens with one attached hydrogen (secondary N) is 1. The summed E-state index contributed by atoms with van der Waals surface area (Å²) in [5, 5.41) is 2.06. The average Bonchev–Trinajstić information content (AvgIpc) is 2.67. The molecule has 3 rings (SSSR count). The third-order valence-electron chi connectivity index (χ3n) is 4.21. The first-order valence-electron chi connectivity index (χ1n) is 8.63. The van der Waals surface area contributed by atoms with Crippen LogP contribution in [-0.4, -0.2) is 10.5 Å². The van der Waals surface area contributed by atoms with Gasteiger partial charge in [0.25, 0.3) is 5.56 Å². The van der Waals surface area contributed by atoms with E-state index in [0.717, 1.165) is 11.1 Å². The lowest BCUT2D eigenvalue weighted by molar-refractivity contribution is -0.138. The topological polar surface area (TPSA) is 51.1 Å². The van der Waals surface area contributed by atoms with Crippen LogP contribution >= 0.6 is 11.6 Å². The Morgan fingerprint density at radius 2 is 1.69 bits per heavy atom. The molecular formula is C21H16ClF3N2O2. The monoisotopic (exact) mass is 420 g/mol. The summed E-state index contributed by atoms with van der Waals surface area (Å²) in [7, 11) is 0. The molecule has 0 aliphatic carbocycles. The second-order valence-corrected chi connectivity index (χ2v) is 6.78. The summed E-state index contributed by atoms with van der Waals surface area (Å²) in [5.41, 5.74) is 0.427. The molecule has 0 radical (unpaired) electrons. The molecule has 0 aliphatic heterocycles. The van der Waals surface area contributed by atoms with Gasteiger partial charge in [-0.05, 0) is 29.7 Å². The predicted octanol–water partition coefficient (Wildman–Crippen LogP) is 4.75. The first kappa shape index (κ1) is 20.7. The first-order chi connectivity index (χ1) is 13.7. The molecular weight excluding hydrogens is 405 g/mol. The highest BCUT2D eigenvalue weighted by molar-refractivity contribution is 6.30. The van der Waals surface area contributed by atoms with Crippen LogP contribution in [0.3, 0.4) is 0 Å². The Bertz CT molecular complexity index is 1080. The number of anilines is 1. The van der Waals surface area contributed by atoms with Crippen LogP contribution in [0.25, 0.3) is 0 Å². The summed E-state index contributed by atoms with van der Waals surface area (Å²) >= 11 is 5.62. The maximum atomic E-state index is 12.9. The lowest BCUT2D eigenvalue weighted by Crippen LogP contribution is -2.29. The lowest BCUT2D eigenvalue weighted by atomic mass is 10.0. The van der Waals surface area contributed by atoms with Crippen LogP contribution in [0.1, 0.15) is 16.7 Å². The number of alkyl halides is 3. The van der Waals surface area contributed by atoms with Gasteiger partial charge in [0, 0.05) is 11.9 Å². The van der Waals surface area contributed by atoms with Gasteiger partial charge < -0.3 is 9.88 Å². The molecule has 3 aromatic rings. The van der Waals surface area contributed by atoms with E-state index in [1.165, 1.54) is 0 Å². The van der Waals surface area contributed by atoms with Crippen molar-refractivity contribution in [2.75, 3.05) is 5.32 Å². The molecule has 1 heterocycles. The van der Waals surface area contributed by atoms with Gasteiger partial charge in [-0.2, -0.15) is 13.2 Å². The van der Waals surface area contributed by atoms with E-state index < -0.39 is 34.8 Å². The van der Waals surface area contributed by atoms with Crippen LogP contribution in [-0.2, 0) is 23.9 Å². The Kier molecular flexibility index (Phi) is 6.08. The average molecular weight is 421 g/mol. The molecule has 8 heteroatoms. The molecule has 2 aromatic carbocycles. The van der Waals surface area contributed by atoms with Crippen LogP contribution in [0, 0.1) is 0 Å². The molecule has 4 nitrogen and oxygen atoms in total. The second kappa shape index (κ2) is 8.53. The van der Waals surface area contributed by atoms with Gasteiger partial charge in [0.15, 0.2) is 0 Å². The number of aromatic nitrogens is 1. The van der Waals surface area contributed by atoms with Crippen LogP contribution in [0.4, 0.5) is 18.9 Å². The molecule has 0 aliphatic rings. The van der Waals surface area contributed by atoms with Gasteiger partial charge in [-0.3, -0.25) is 9.59 Å². The molecule has 1 aromatic heterocycles. The lowest BCUT2D eigenvalue weighted by Gasteiger charge is -2.14. The summed E-state index contributed by atoms with van der Waals surface area (Å²) in [4.78, 5) is 24.4. The Balaban J connectivity index is 1.80. The molecule has 0 bridgehead atoms. The molecule has 1 amide bonds. The molecule has 29 heavy (non-hydrogen) atoms. The number of benzene rings is 2. The SMILES string of the molecule is O=C(Cn1cc(C(F)(F)F)cc(Cl)c1=O)Nc1ccccc1Cc1ccccc1. The number of carbonyl (C=O) groups is 1. The smallest absolute Gasteiger partial charge is 0.324 e.